The largest absolute Gasteiger partial charge is 0.489 e. The van der Waals surface area contributed by atoms with Crippen molar-refractivity contribution in [1.82, 2.24) is 9.21 Å². The summed E-state index contributed by atoms with van der Waals surface area (Å²) >= 11 is 0. The predicted molar refractivity (Wildman–Crippen MR) is 107 cm³/mol. The first-order valence-corrected chi connectivity index (χ1v) is 11.2. The molecule has 160 valence electrons. The average Bonchev–Trinajstić information content (AvgIpc) is 3.19. The maximum Gasteiger partial charge on any atom is 0.244 e. The highest BCUT2D eigenvalue weighted by atomic mass is 32.2. The van der Waals surface area contributed by atoms with E-state index in [4.69, 9.17) is 9.47 Å². The van der Waals surface area contributed by atoms with Crippen molar-refractivity contribution in [3.05, 3.63) is 60.4 Å². The number of halogens is 1. The van der Waals surface area contributed by atoms with Gasteiger partial charge in [0.25, 0.3) is 0 Å². The van der Waals surface area contributed by atoms with Gasteiger partial charge in [-0.2, -0.15) is 4.31 Å². The third-order valence-corrected chi connectivity index (χ3v) is 7.14. The molecule has 2 aromatic carbocycles. The quantitative estimate of drug-likeness (QED) is 0.719. The number of sulfonamides is 1. The topological polar surface area (TPSA) is 76.2 Å². The predicted octanol–water partition coefficient (Wildman–Crippen LogP) is 1.90. The van der Waals surface area contributed by atoms with Crippen LogP contribution in [0, 0.1) is 5.82 Å². The molecule has 9 heteroatoms. The van der Waals surface area contributed by atoms with Crippen LogP contribution in [0.2, 0.25) is 0 Å². The molecule has 2 atom stereocenters. The molecule has 0 spiro atoms. The van der Waals surface area contributed by atoms with Crippen LogP contribution in [0.25, 0.3) is 0 Å². The van der Waals surface area contributed by atoms with Crippen LogP contribution in [0.3, 0.4) is 0 Å². The van der Waals surface area contributed by atoms with Crippen LogP contribution in [-0.4, -0.2) is 68.5 Å². The molecule has 0 aromatic heterocycles. The minimum Gasteiger partial charge on any atom is -0.489 e. The standard InChI is InChI=1S/C21H23FN2O5S/c22-16-5-4-8-19(13-16)30(26,27)24-15-18(29-17-6-2-1-3-7-17)14-20(24)21(25)23-9-11-28-12-10-23/h1-8,13,18,20H,9-12,14-15H2/t18-,20-/m0/s1. The maximum absolute atomic E-state index is 13.7. The number of benzene rings is 2. The molecule has 2 saturated heterocycles. The van der Waals surface area contributed by atoms with Crippen molar-refractivity contribution in [3.63, 3.8) is 0 Å². The van der Waals surface area contributed by atoms with Crippen molar-refractivity contribution < 1.29 is 27.1 Å². The van der Waals surface area contributed by atoms with Crippen LogP contribution < -0.4 is 4.74 Å². The number of rotatable bonds is 5. The summed E-state index contributed by atoms with van der Waals surface area (Å²) in [5, 5.41) is 0. The molecule has 30 heavy (non-hydrogen) atoms. The summed E-state index contributed by atoms with van der Waals surface area (Å²) in [6.07, 6.45) is -0.273. The minimum absolute atomic E-state index is 0.00842. The van der Waals surface area contributed by atoms with Gasteiger partial charge in [0.1, 0.15) is 23.7 Å². The van der Waals surface area contributed by atoms with Crippen LogP contribution in [0.4, 0.5) is 4.39 Å². The Morgan fingerprint density at radius 3 is 2.50 bits per heavy atom. The van der Waals surface area contributed by atoms with Crippen molar-refractivity contribution in [1.29, 1.82) is 0 Å². The van der Waals surface area contributed by atoms with Crippen molar-refractivity contribution in [2.24, 2.45) is 0 Å². The van der Waals surface area contributed by atoms with Gasteiger partial charge in [-0.1, -0.05) is 24.3 Å². The van der Waals surface area contributed by atoms with Crippen LogP contribution >= 0.6 is 0 Å². The Morgan fingerprint density at radius 1 is 1.07 bits per heavy atom. The zero-order valence-electron chi connectivity index (χ0n) is 16.3. The average molecular weight is 434 g/mol. The lowest BCUT2D eigenvalue weighted by atomic mass is 10.1. The van der Waals surface area contributed by atoms with Gasteiger partial charge in [0.15, 0.2) is 0 Å². The Kier molecular flexibility index (Phi) is 6.03. The Bertz CT molecular complexity index is 995. The van der Waals surface area contributed by atoms with Crippen molar-refractivity contribution >= 4 is 15.9 Å². The Hall–Kier alpha value is -2.49. The second-order valence-corrected chi connectivity index (χ2v) is 9.16. The summed E-state index contributed by atoms with van der Waals surface area (Å²) in [7, 11) is -4.08. The monoisotopic (exact) mass is 434 g/mol. The van der Waals surface area contributed by atoms with E-state index in [9.17, 15) is 17.6 Å². The number of hydrogen-bond acceptors (Lipinski definition) is 5. The number of amides is 1. The first kappa shape index (κ1) is 20.8. The number of carbonyl (C=O) groups is 1. The van der Waals surface area contributed by atoms with Gasteiger partial charge in [0, 0.05) is 19.5 Å². The summed E-state index contributed by atoms with van der Waals surface area (Å²) in [5.41, 5.74) is 0. The molecular formula is C21H23FN2O5S. The summed E-state index contributed by atoms with van der Waals surface area (Å²) in [6.45, 7) is 1.66. The first-order valence-electron chi connectivity index (χ1n) is 9.81. The number of ether oxygens (including phenoxy) is 2. The van der Waals surface area contributed by atoms with Gasteiger partial charge in [-0.15, -0.1) is 0 Å². The van der Waals surface area contributed by atoms with Gasteiger partial charge < -0.3 is 14.4 Å². The highest BCUT2D eigenvalue weighted by molar-refractivity contribution is 7.89. The molecular weight excluding hydrogens is 411 g/mol. The van der Waals surface area contributed by atoms with Gasteiger partial charge in [0.05, 0.1) is 24.7 Å². The number of para-hydroxylation sites is 1. The van der Waals surface area contributed by atoms with Gasteiger partial charge in [-0.3, -0.25) is 4.79 Å². The molecule has 0 radical (unpaired) electrons. The number of morpholine rings is 1. The zero-order chi connectivity index (χ0) is 21.1. The van der Waals surface area contributed by atoms with E-state index >= 15 is 0 Å². The normalized spacial score (nSPS) is 22.8. The molecule has 2 aliphatic rings. The van der Waals surface area contributed by atoms with E-state index < -0.39 is 28.0 Å². The van der Waals surface area contributed by atoms with Gasteiger partial charge >= 0.3 is 0 Å². The Balaban J connectivity index is 1.62. The molecule has 0 saturated carbocycles. The minimum atomic E-state index is -4.08. The van der Waals surface area contributed by atoms with E-state index in [0.29, 0.717) is 32.1 Å². The number of nitrogens with zero attached hydrogens (tertiary/aromatic N) is 2. The molecule has 2 fully saturated rings. The lowest BCUT2D eigenvalue weighted by molar-refractivity contribution is -0.138. The van der Waals surface area contributed by atoms with Crippen LogP contribution in [0.1, 0.15) is 6.42 Å². The fourth-order valence-electron chi connectivity index (χ4n) is 3.79. The molecule has 2 aromatic rings. The van der Waals surface area contributed by atoms with E-state index in [1.165, 1.54) is 18.2 Å². The van der Waals surface area contributed by atoms with Crippen molar-refractivity contribution in [3.8, 4) is 5.75 Å². The molecule has 0 bridgehead atoms. The SMILES string of the molecule is O=C([C@@H]1C[C@H](Oc2ccccc2)CN1S(=O)(=O)c1cccc(F)c1)N1CCOCC1. The molecule has 7 nitrogen and oxygen atoms in total. The molecule has 0 aliphatic carbocycles. The van der Waals surface area contributed by atoms with Crippen LogP contribution in [0.5, 0.6) is 5.75 Å². The van der Waals surface area contributed by atoms with Gasteiger partial charge in [0.2, 0.25) is 15.9 Å². The number of carbonyl (C=O) groups excluding carboxylic acids is 1. The smallest absolute Gasteiger partial charge is 0.244 e. The lowest BCUT2D eigenvalue weighted by Gasteiger charge is -2.31. The highest BCUT2D eigenvalue weighted by Crippen LogP contribution is 2.30. The summed E-state index contributed by atoms with van der Waals surface area (Å²) in [6, 6.07) is 13.0. The first-order chi connectivity index (χ1) is 14.4. The Labute approximate surface area is 175 Å². The summed E-state index contributed by atoms with van der Waals surface area (Å²) < 4.78 is 52.7. The van der Waals surface area contributed by atoms with Crippen LogP contribution in [0.15, 0.2) is 59.5 Å². The zero-order valence-corrected chi connectivity index (χ0v) is 17.1. The third-order valence-electron chi connectivity index (χ3n) is 5.27. The molecule has 2 heterocycles. The fourth-order valence-corrected chi connectivity index (χ4v) is 5.45. The second kappa shape index (κ2) is 8.71. The lowest BCUT2D eigenvalue weighted by Crippen LogP contribution is -2.50. The van der Waals surface area contributed by atoms with E-state index in [-0.39, 0.29) is 23.8 Å². The maximum atomic E-state index is 13.7. The summed E-state index contributed by atoms with van der Waals surface area (Å²) in [4.78, 5) is 14.6. The second-order valence-electron chi connectivity index (χ2n) is 7.27. The van der Waals surface area contributed by atoms with E-state index in [1.807, 2.05) is 18.2 Å². The van der Waals surface area contributed by atoms with Crippen molar-refractivity contribution in [2.75, 3.05) is 32.8 Å². The van der Waals surface area contributed by atoms with E-state index in [0.717, 1.165) is 10.4 Å². The Morgan fingerprint density at radius 2 is 1.80 bits per heavy atom. The molecule has 0 unspecified atom stereocenters. The molecule has 1 amide bonds. The molecule has 4 rings (SSSR count). The van der Waals surface area contributed by atoms with Gasteiger partial charge in [-0.05, 0) is 30.3 Å². The van der Waals surface area contributed by atoms with Crippen molar-refractivity contribution in [2.45, 2.75) is 23.5 Å². The third kappa shape index (κ3) is 4.33. The van der Waals surface area contributed by atoms with E-state index in [1.54, 1.807) is 17.0 Å². The van der Waals surface area contributed by atoms with E-state index in [2.05, 4.69) is 0 Å². The number of hydrogen-bond donors (Lipinski definition) is 0. The fraction of sp³-hybridized carbons (Fsp3) is 0.381. The molecule has 2 aliphatic heterocycles. The highest BCUT2D eigenvalue weighted by Gasteiger charge is 2.46. The van der Waals surface area contributed by atoms with Gasteiger partial charge in [-0.25, -0.2) is 12.8 Å². The summed E-state index contributed by atoms with van der Waals surface area (Å²) in [5.74, 6) is -0.328. The van der Waals surface area contributed by atoms with Crippen LogP contribution in [-0.2, 0) is 19.6 Å². The molecule has 0 N–H and O–H groups in total.